The van der Waals surface area contributed by atoms with Gasteiger partial charge in [-0.1, -0.05) is 58.0 Å². The van der Waals surface area contributed by atoms with Crippen molar-refractivity contribution in [1.29, 1.82) is 0 Å². The molecule has 6 heteroatoms. The molecule has 1 aromatic rings. The molecule has 0 bridgehead atoms. The largest absolute Gasteiger partial charge is 0.445 e. The predicted octanol–water partition coefficient (Wildman–Crippen LogP) is 2.28. The Bertz CT molecular complexity index is 543. The van der Waals surface area contributed by atoms with Crippen LogP contribution in [0.5, 0.6) is 0 Å². The number of rotatable bonds is 8. The van der Waals surface area contributed by atoms with Crippen LogP contribution in [0, 0.1) is 11.8 Å². The first-order chi connectivity index (χ1) is 11.3. The van der Waals surface area contributed by atoms with Crippen LogP contribution in [0.1, 0.15) is 33.3 Å². The number of amides is 2. The lowest BCUT2D eigenvalue weighted by Crippen LogP contribution is -2.53. The zero-order chi connectivity index (χ0) is 18.1. The number of ether oxygens (including phenoxy) is 1. The number of hydrogen-bond acceptors (Lipinski definition) is 4. The van der Waals surface area contributed by atoms with E-state index in [9.17, 15) is 14.4 Å². The molecular formula is C18H26N2O4. The highest BCUT2D eigenvalue weighted by Gasteiger charge is 2.27. The molecule has 1 rings (SSSR count). The van der Waals surface area contributed by atoms with Gasteiger partial charge in [0, 0.05) is 0 Å². The second-order valence-electron chi connectivity index (χ2n) is 6.34. The van der Waals surface area contributed by atoms with E-state index in [1.54, 1.807) is 0 Å². The van der Waals surface area contributed by atoms with Gasteiger partial charge in [0.15, 0.2) is 0 Å². The fourth-order valence-corrected chi connectivity index (χ4v) is 2.04. The van der Waals surface area contributed by atoms with Crippen molar-refractivity contribution in [2.75, 3.05) is 0 Å². The van der Waals surface area contributed by atoms with Crippen molar-refractivity contribution in [3.05, 3.63) is 35.9 Å². The number of aldehydes is 1. The molecule has 0 aliphatic carbocycles. The summed E-state index contributed by atoms with van der Waals surface area (Å²) in [5.74, 6) is -0.564. The molecule has 0 aliphatic heterocycles. The van der Waals surface area contributed by atoms with E-state index in [2.05, 4.69) is 10.6 Å². The topological polar surface area (TPSA) is 84.5 Å². The lowest BCUT2D eigenvalue weighted by Gasteiger charge is -2.24. The third kappa shape index (κ3) is 6.40. The van der Waals surface area contributed by atoms with Crippen molar-refractivity contribution in [3.63, 3.8) is 0 Å². The second kappa shape index (κ2) is 9.70. The summed E-state index contributed by atoms with van der Waals surface area (Å²) < 4.78 is 5.14. The first-order valence-electron chi connectivity index (χ1n) is 8.08. The van der Waals surface area contributed by atoms with Gasteiger partial charge in [0.1, 0.15) is 18.9 Å². The summed E-state index contributed by atoms with van der Waals surface area (Å²) in [5.41, 5.74) is 0.860. The molecule has 0 radical (unpaired) electrons. The van der Waals surface area contributed by atoms with Crippen molar-refractivity contribution < 1.29 is 19.1 Å². The average Bonchev–Trinajstić information content (AvgIpc) is 2.55. The molecule has 0 aliphatic rings. The Morgan fingerprint density at radius 1 is 1.04 bits per heavy atom. The van der Waals surface area contributed by atoms with E-state index in [0.29, 0.717) is 6.29 Å². The summed E-state index contributed by atoms with van der Waals surface area (Å²) in [6.07, 6.45) is 0.0353. The maximum absolute atomic E-state index is 12.3. The van der Waals surface area contributed by atoms with Gasteiger partial charge in [0.2, 0.25) is 5.91 Å². The molecule has 132 valence electrons. The first kappa shape index (κ1) is 19.7. The van der Waals surface area contributed by atoms with Gasteiger partial charge in [0.25, 0.3) is 0 Å². The summed E-state index contributed by atoms with van der Waals surface area (Å²) in [7, 11) is 0. The molecule has 0 aromatic heterocycles. The van der Waals surface area contributed by atoms with Crippen molar-refractivity contribution >= 4 is 18.3 Å². The van der Waals surface area contributed by atoms with E-state index in [4.69, 9.17) is 4.74 Å². The van der Waals surface area contributed by atoms with Crippen molar-refractivity contribution in [1.82, 2.24) is 10.6 Å². The molecule has 2 atom stereocenters. The minimum absolute atomic E-state index is 0.0238. The molecule has 0 heterocycles. The van der Waals surface area contributed by atoms with E-state index in [-0.39, 0.29) is 18.4 Å². The van der Waals surface area contributed by atoms with Gasteiger partial charge in [-0.2, -0.15) is 0 Å². The predicted molar refractivity (Wildman–Crippen MR) is 91.2 cm³/mol. The Labute approximate surface area is 143 Å². The van der Waals surface area contributed by atoms with Crippen LogP contribution in [-0.4, -0.2) is 30.4 Å². The van der Waals surface area contributed by atoms with Gasteiger partial charge >= 0.3 is 6.09 Å². The Morgan fingerprint density at radius 2 is 1.67 bits per heavy atom. The van der Waals surface area contributed by atoms with Crippen LogP contribution in [-0.2, 0) is 20.9 Å². The normalized spacial score (nSPS) is 13.2. The molecule has 0 saturated heterocycles. The van der Waals surface area contributed by atoms with Crippen LogP contribution in [0.25, 0.3) is 0 Å². The second-order valence-corrected chi connectivity index (χ2v) is 6.34. The molecule has 0 fully saturated rings. The zero-order valence-electron chi connectivity index (χ0n) is 14.6. The molecule has 2 amide bonds. The van der Waals surface area contributed by atoms with E-state index >= 15 is 0 Å². The van der Waals surface area contributed by atoms with Crippen LogP contribution in [0.2, 0.25) is 0 Å². The molecule has 6 nitrogen and oxygen atoms in total. The van der Waals surface area contributed by atoms with Gasteiger partial charge in [-0.3, -0.25) is 4.79 Å². The number of hydrogen-bond donors (Lipinski definition) is 2. The SMILES string of the molecule is CC(C)C(C=O)NC(=O)[C@@H](NC(=O)OCc1ccccc1)C(C)C. The smallest absolute Gasteiger partial charge is 0.408 e. The number of benzene rings is 1. The van der Waals surface area contributed by atoms with E-state index in [0.717, 1.165) is 5.56 Å². The Morgan fingerprint density at radius 3 is 2.17 bits per heavy atom. The summed E-state index contributed by atoms with van der Waals surface area (Å²) in [5, 5.41) is 5.22. The highest BCUT2D eigenvalue weighted by molar-refractivity contribution is 5.87. The van der Waals surface area contributed by atoms with Gasteiger partial charge in [-0.25, -0.2) is 4.79 Å². The van der Waals surface area contributed by atoms with Crippen LogP contribution in [0.3, 0.4) is 0 Å². The monoisotopic (exact) mass is 334 g/mol. The maximum Gasteiger partial charge on any atom is 0.408 e. The number of nitrogens with one attached hydrogen (secondary N) is 2. The summed E-state index contributed by atoms with van der Waals surface area (Å²) >= 11 is 0. The zero-order valence-corrected chi connectivity index (χ0v) is 14.6. The van der Waals surface area contributed by atoms with Gasteiger partial charge in [-0.05, 0) is 17.4 Å². The fourth-order valence-electron chi connectivity index (χ4n) is 2.04. The summed E-state index contributed by atoms with van der Waals surface area (Å²) in [6, 6.07) is 7.92. The quantitative estimate of drug-likeness (QED) is 0.714. The van der Waals surface area contributed by atoms with Crippen LogP contribution in [0.4, 0.5) is 4.79 Å². The molecular weight excluding hydrogens is 308 g/mol. The molecule has 0 saturated carbocycles. The third-order valence-corrected chi connectivity index (χ3v) is 3.61. The van der Waals surface area contributed by atoms with Crippen molar-refractivity contribution in [2.24, 2.45) is 11.8 Å². The molecule has 24 heavy (non-hydrogen) atoms. The minimum atomic E-state index is -0.769. The Hall–Kier alpha value is -2.37. The minimum Gasteiger partial charge on any atom is -0.445 e. The molecule has 1 aromatic carbocycles. The maximum atomic E-state index is 12.3. The van der Waals surface area contributed by atoms with Gasteiger partial charge < -0.3 is 20.2 Å². The van der Waals surface area contributed by atoms with Gasteiger partial charge in [-0.15, -0.1) is 0 Å². The molecule has 2 N–H and O–H groups in total. The molecule has 0 spiro atoms. The molecule has 1 unspecified atom stereocenters. The van der Waals surface area contributed by atoms with Gasteiger partial charge in [0.05, 0.1) is 6.04 Å². The lowest BCUT2D eigenvalue weighted by atomic mass is 10.0. The fraction of sp³-hybridized carbons (Fsp3) is 0.500. The summed E-state index contributed by atoms with van der Waals surface area (Å²) in [6.45, 7) is 7.43. The van der Waals surface area contributed by atoms with Crippen molar-refractivity contribution in [2.45, 2.75) is 46.4 Å². The van der Waals surface area contributed by atoms with Crippen molar-refractivity contribution in [3.8, 4) is 0 Å². The first-order valence-corrected chi connectivity index (χ1v) is 8.08. The highest BCUT2D eigenvalue weighted by atomic mass is 16.5. The highest BCUT2D eigenvalue weighted by Crippen LogP contribution is 2.06. The third-order valence-electron chi connectivity index (χ3n) is 3.61. The van der Waals surface area contributed by atoms with Crippen LogP contribution in [0.15, 0.2) is 30.3 Å². The Kier molecular flexibility index (Phi) is 7.95. The lowest BCUT2D eigenvalue weighted by molar-refractivity contribution is -0.127. The standard InChI is InChI=1S/C18H26N2O4/c1-12(2)15(10-21)19-17(22)16(13(3)4)20-18(23)24-11-14-8-6-5-7-9-14/h5-10,12-13,15-16H,11H2,1-4H3,(H,19,22)(H,20,23)/t15?,16-/m0/s1. The van der Waals surface area contributed by atoms with E-state index in [1.165, 1.54) is 0 Å². The van der Waals surface area contributed by atoms with Crippen LogP contribution < -0.4 is 10.6 Å². The number of carbonyl (C=O) groups excluding carboxylic acids is 3. The Balaban J connectivity index is 2.59. The van der Waals surface area contributed by atoms with E-state index < -0.39 is 24.1 Å². The average molecular weight is 334 g/mol. The summed E-state index contributed by atoms with van der Waals surface area (Å²) in [4.78, 5) is 35.3. The number of carbonyl (C=O) groups is 3. The number of alkyl carbamates (subject to hydrolysis) is 1. The van der Waals surface area contributed by atoms with Crippen LogP contribution >= 0.6 is 0 Å². The van der Waals surface area contributed by atoms with E-state index in [1.807, 2.05) is 58.0 Å².